The smallest absolute Gasteiger partial charge is 0.279 e. The summed E-state index contributed by atoms with van der Waals surface area (Å²) in [5, 5.41) is 25.1. The Labute approximate surface area is 150 Å². The SMILES string of the molecule is Cc1c([N+](=O)[O-])cc(C(=O)Nc2nc3c(C)cccc3s2)cc1[N+](=O)[O-]. The molecule has 0 aliphatic rings. The lowest BCUT2D eigenvalue weighted by Gasteiger charge is -2.04. The molecule has 2 aromatic carbocycles. The van der Waals surface area contributed by atoms with E-state index < -0.39 is 27.1 Å². The Bertz CT molecular complexity index is 1040. The lowest BCUT2D eigenvalue weighted by atomic mass is 10.1. The van der Waals surface area contributed by atoms with E-state index in [1.165, 1.54) is 18.3 Å². The average Bonchev–Trinajstić information content (AvgIpc) is 2.98. The van der Waals surface area contributed by atoms with Crippen LogP contribution >= 0.6 is 11.3 Å². The second-order valence-electron chi connectivity index (χ2n) is 5.55. The van der Waals surface area contributed by atoms with Gasteiger partial charge in [-0.25, -0.2) is 4.98 Å². The van der Waals surface area contributed by atoms with Gasteiger partial charge < -0.3 is 0 Å². The minimum absolute atomic E-state index is 0.104. The maximum absolute atomic E-state index is 12.4. The molecule has 0 spiro atoms. The molecule has 1 aromatic heterocycles. The molecule has 1 heterocycles. The molecule has 0 saturated carbocycles. The molecule has 3 aromatic rings. The summed E-state index contributed by atoms with van der Waals surface area (Å²) in [5.74, 6) is -0.701. The van der Waals surface area contributed by atoms with Gasteiger partial charge in [-0.1, -0.05) is 23.5 Å². The number of nitro benzene ring substituents is 2. The zero-order valence-electron chi connectivity index (χ0n) is 13.7. The monoisotopic (exact) mass is 372 g/mol. The van der Waals surface area contributed by atoms with E-state index in [0.717, 1.165) is 27.9 Å². The number of thiazole rings is 1. The van der Waals surface area contributed by atoms with Crippen LogP contribution in [0.25, 0.3) is 10.2 Å². The number of para-hydroxylation sites is 1. The molecule has 1 amide bonds. The first-order chi connectivity index (χ1) is 12.3. The number of aryl methyl sites for hydroxylation is 1. The van der Waals surface area contributed by atoms with Gasteiger partial charge >= 0.3 is 0 Å². The minimum atomic E-state index is -0.750. The number of hydrogen-bond donors (Lipinski definition) is 1. The van der Waals surface area contributed by atoms with Crippen molar-refractivity contribution in [2.24, 2.45) is 0 Å². The van der Waals surface area contributed by atoms with E-state index in [1.807, 2.05) is 25.1 Å². The Morgan fingerprint density at radius 2 is 1.73 bits per heavy atom. The van der Waals surface area contributed by atoms with Crippen molar-refractivity contribution < 1.29 is 14.6 Å². The van der Waals surface area contributed by atoms with Gasteiger partial charge in [-0.3, -0.25) is 30.3 Å². The minimum Gasteiger partial charge on any atom is -0.298 e. The second-order valence-corrected chi connectivity index (χ2v) is 6.58. The number of carbonyl (C=O) groups is 1. The van der Waals surface area contributed by atoms with Crippen molar-refractivity contribution in [1.82, 2.24) is 4.98 Å². The number of benzene rings is 2. The Kier molecular flexibility index (Phi) is 4.34. The van der Waals surface area contributed by atoms with Gasteiger partial charge in [0.05, 0.1) is 25.6 Å². The number of aromatic nitrogens is 1. The highest BCUT2D eigenvalue weighted by molar-refractivity contribution is 7.22. The molecule has 132 valence electrons. The standard InChI is InChI=1S/C16H12N4O5S/c1-8-4-3-5-13-14(8)17-16(26-13)18-15(21)10-6-11(19(22)23)9(2)12(7-10)20(24)25/h3-7H,1-2H3,(H,17,18,21). The summed E-state index contributed by atoms with van der Waals surface area (Å²) in [6.45, 7) is 3.16. The Balaban J connectivity index is 1.99. The highest BCUT2D eigenvalue weighted by Gasteiger charge is 2.25. The van der Waals surface area contributed by atoms with Crippen LogP contribution < -0.4 is 5.32 Å². The number of nitrogens with zero attached hydrogens (tertiary/aromatic N) is 3. The van der Waals surface area contributed by atoms with Crippen LogP contribution in [0.15, 0.2) is 30.3 Å². The van der Waals surface area contributed by atoms with Gasteiger partial charge in [-0.2, -0.15) is 0 Å². The van der Waals surface area contributed by atoms with E-state index in [0.29, 0.717) is 5.13 Å². The largest absolute Gasteiger partial charge is 0.298 e. The molecule has 0 unspecified atom stereocenters. The van der Waals surface area contributed by atoms with Crippen LogP contribution in [-0.4, -0.2) is 20.7 Å². The number of rotatable bonds is 4. The number of amides is 1. The Morgan fingerprint density at radius 3 is 2.27 bits per heavy atom. The van der Waals surface area contributed by atoms with E-state index in [9.17, 15) is 25.0 Å². The lowest BCUT2D eigenvalue weighted by Crippen LogP contribution is -2.13. The van der Waals surface area contributed by atoms with Gasteiger partial charge in [-0.15, -0.1) is 0 Å². The summed E-state index contributed by atoms with van der Waals surface area (Å²) >= 11 is 1.25. The van der Waals surface area contributed by atoms with Gasteiger partial charge in [0.25, 0.3) is 17.3 Å². The number of hydrogen-bond acceptors (Lipinski definition) is 7. The molecule has 0 bridgehead atoms. The van der Waals surface area contributed by atoms with Crippen LogP contribution in [0, 0.1) is 34.1 Å². The van der Waals surface area contributed by atoms with Crippen molar-refractivity contribution in [1.29, 1.82) is 0 Å². The summed E-state index contributed by atoms with van der Waals surface area (Å²) in [7, 11) is 0. The van der Waals surface area contributed by atoms with Gasteiger partial charge in [0.15, 0.2) is 5.13 Å². The molecule has 10 heteroatoms. The first-order valence-electron chi connectivity index (χ1n) is 7.39. The molecule has 9 nitrogen and oxygen atoms in total. The lowest BCUT2D eigenvalue weighted by molar-refractivity contribution is -0.395. The predicted molar refractivity (Wildman–Crippen MR) is 96.8 cm³/mol. The highest BCUT2D eigenvalue weighted by atomic mass is 32.1. The Morgan fingerprint density at radius 1 is 1.12 bits per heavy atom. The maximum atomic E-state index is 12.4. The fourth-order valence-corrected chi connectivity index (χ4v) is 3.44. The van der Waals surface area contributed by atoms with Crippen molar-refractivity contribution in [2.45, 2.75) is 13.8 Å². The molecule has 1 N–H and O–H groups in total. The summed E-state index contributed by atoms with van der Waals surface area (Å²) in [6.07, 6.45) is 0. The number of carbonyl (C=O) groups excluding carboxylic acids is 1. The van der Waals surface area contributed by atoms with E-state index in [4.69, 9.17) is 0 Å². The molecule has 3 rings (SSSR count). The fourth-order valence-electron chi connectivity index (χ4n) is 2.50. The van der Waals surface area contributed by atoms with E-state index in [1.54, 1.807) is 0 Å². The van der Waals surface area contributed by atoms with Crippen LogP contribution in [0.2, 0.25) is 0 Å². The Hall–Kier alpha value is -3.40. The first kappa shape index (κ1) is 17.4. The maximum Gasteiger partial charge on any atom is 0.279 e. The molecule has 0 radical (unpaired) electrons. The van der Waals surface area contributed by atoms with Crippen LogP contribution in [0.4, 0.5) is 16.5 Å². The van der Waals surface area contributed by atoms with Crippen molar-refractivity contribution in [2.75, 3.05) is 5.32 Å². The molecule has 0 aliphatic carbocycles. The van der Waals surface area contributed by atoms with Gasteiger partial charge in [-0.05, 0) is 25.5 Å². The molecule has 0 atom stereocenters. The molecule has 0 saturated heterocycles. The van der Waals surface area contributed by atoms with E-state index in [2.05, 4.69) is 10.3 Å². The summed E-state index contributed by atoms with van der Waals surface area (Å²) in [4.78, 5) is 37.5. The zero-order valence-corrected chi connectivity index (χ0v) is 14.5. The quantitative estimate of drug-likeness (QED) is 0.545. The van der Waals surface area contributed by atoms with Gasteiger partial charge in [0.2, 0.25) is 0 Å². The predicted octanol–water partition coefficient (Wildman–Crippen LogP) is 3.98. The van der Waals surface area contributed by atoms with Crippen LogP contribution in [0.1, 0.15) is 21.5 Å². The van der Waals surface area contributed by atoms with Gasteiger partial charge in [0, 0.05) is 12.1 Å². The van der Waals surface area contributed by atoms with Gasteiger partial charge in [0.1, 0.15) is 5.56 Å². The van der Waals surface area contributed by atoms with Crippen molar-refractivity contribution in [3.63, 3.8) is 0 Å². The number of nitro groups is 2. The normalized spacial score (nSPS) is 10.7. The summed E-state index contributed by atoms with van der Waals surface area (Å²) < 4.78 is 0.876. The molecular formula is C16H12N4O5S. The van der Waals surface area contributed by atoms with E-state index >= 15 is 0 Å². The summed E-state index contributed by atoms with van der Waals surface area (Å²) in [6, 6.07) is 7.66. The molecule has 0 aliphatic heterocycles. The molecule has 26 heavy (non-hydrogen) atoms. The van der Waals surface area contributed by atoms with Crippen molar-refractivity contribution in [3.05, 3.63) is 67.3 Å². The number of nitrogens with one attached hydrogen (secondary N) is 1. The van der Waals surface area contributed by atoms with Crippen molar-refractivity contribution in [3.8, 4) is 0 Å². The third-order valence-corrected chi connectivity index (χ3v) is 4.79. The highest BCUT2D eigenvalue weighted by Crippen LogP contribution is 2.31. The second kappa shape index (κ2) is 6.48. The molecular weight excluding hydrogens is 360 g/mol. The first-order valence-corrected chi connectivity index (χ1v) is 8.20. The fraction of sp³-hybridized carbons (Fsp3) is 0.125. The zero-order chi connectivity index (χ0) is 19.0. The van der Waals surface area contributed by atoms with E-state index in [-0.39, 0.29) is 11.1 Å². The number of fused-ring (bicyclic) bond motifs is 1. The van der Waals surface area contributed by atoms with Crippen LogP contribution in [0.3, 0.4) is 0 Å². The topological polar surface area (TPSA) is 128 Å². The number of anilines is 1. The molecule has 0 fully saturated rings. The average molecular weight is 372 g/mol. The van der Waals surface area contributed by atoms with Crippen molar-refractivity contribution >= 4 is 44.0 Å². The van der Waals surface area contributed by atoms with Crippen LogP contribution in [0.5, 0.6) is 0 Å². The summed E-state index contributed by atoms with van der Waals surface area (Å²) in [5.41, 5.74) is 0.445. The third-order valence-electron chi connectivity index (χ3n) is 3.85. The third kappa shape index (κ3) is 3.09. The van der Waals surface area contributed by atoms with Crippen LogP contribution in [-0.2, 0) is 0 Å².